The molecule has 0 amide bonds. The molecule has 2 aromatic heterocycles. The summed E-state index contributed by atoms with van der Waals surface area (Å²) in [6, 6.07) is 17.9. The molecule has 1 saturated heterocycles. The van der Waals surface area contributed by atoms with Gasteiger partial charge >= 0.3 is 0 Å². The van der Waals surface area contributed by atoms with Crippen LogP contribution >= 0.6 is 27.3 Å². The van der Waals surface area contributed by atoms with E-state index < -0.39 is 0 Å². The molecular weight excluding hydrogens is 508 g/mol. The number of thiophene rings is 1. The lowest BCUT2D eigenvalue weighted by Gasteiger charge is -2.26. The molecule has 34 heavy (non-hydrogen) atoms. The van der Waals surface area contributed by atoms with Gasteiger partial charge in [-0.3, -0.25) is 15.0 Å². The van der Waals surface area contributed by atoms with Crippen LogP contribution in [0.15, 0.2) is 53.5 Å². The third kappa shape index (κ3) is 3.50. The topological polar surface area (TPSA) is 53.5 Å². The maximum Gasteiger partial charge on any atom is 0.108 e. The van der Waals surface area contributed by atoms with Crippen molar-refractivity contribution in [2.75, 3.05) is 26.3 Å². The number of halogens is 1. The van der Waals surface area contributed by atoms with E-state index in [0.29, 0.717) is 0 Å². The van der Waals surface area contributed by atoms with Crippen LogP contribution in [0.1, 0.15) is 27.1 Å². The van der Waals surface area contributed by atoms with Gasteiger partial charge in [0, 0.05) is 58.1 Å². The van der Waals surface area contributed by atoms with Crippen LogP contribution in [0.25, 0.3) is 33.0 Å². The first-order valence-electron chi connectivity index (χ1n) is 11.7. The third-order valence-electron chi connectivity index (χ3n) is 7.02. The summed E-state index contributed by atoms with van der Waals surface area (Å²) in [5.74, 6) is 0. The molecular formula is C27H23BrN4OS. The Kier molecular flexibility index (Phi) is 5.05. The van der Waals surface area contributed by atoms with Crippen LogP contribution in [0, 0.1) is 0 Å². The first kappa shape index (κ1) is 20.8. The third-order valence-corrected chi connectivity index (χ3v) is 8.88. The highest BCUT2D eigenvalue weighted by molar-refractivity contribution is 9.18. The zero-order chi connectivity index (χ0) is 22.6. The normalized spacial score (nSPS) is 16.9. The summed E-state index contributed by atoms with van der Waals surface area (Å²) in [6.07, 6.45) is 0.938. The van der Waals surface area contributed by atoms with E-state index in [9.17, 15) is 0 Å². The monoisotopic (exact) mass is 530 g/mol. The lowest BCUT2D eigenvalue weighted by molar-refractivity contribution is 0.0342. The van der Waals surface area contributed by atoms with Crippen LogP contribution in [0.5, 0.6) is 0 Å². The number of aliphatic imine (C=N–C) groups is 1. The van der Waals surface area contributed by atoms with Crippen molar-refractivity contribution in [2.45, 2.75) is 19.5 Å². The fourth-order valence-electron chi connectivity index (χ4n) is 5.18. The number of nitrogens with zero attached hydrogens (tertiary/aromatic N) is 3. The molecule has 7 heteroatoms. The van der Waals surface area contributed by atoms with Gasteiger partial charge in [-0.2, -0.15) is 5.10 Å². The van der Waals surface area contributed by atoms with Gasteiger partial charge in [-0.15, -0.1) is 11.3 Å². The Morgan fingerprint density at radius 2 is 1.82 bits per heavy atom. The van der Waals surface area contributed by atoms with Crippen molar-refractivity contribution in [3.8, 4) is 33.0 Å². The van der Waals surface area contributed by atoms with Gasteiger partial charge in [-0.25, -0.2) is 0 Å². The number of hydrogen-bond acceptors (Lipinski definition) is 5. The maximum absolute atomic E-state index is 5.46. The minimum Gasteiger partial charge on any atom is -0.379 e. The van der Waals surface area contributed by atoms with Crippen LogP contribution in [-0.4, -0.2) is 46.0 Å². The Morgan fingerprint density at radius 3 is 2.68 bits per heavy atom. The summed E-state index contributed by atoms with van der Waals surface area (Å²) in [6.45, 7) is 5.45. The van der Waals surface area contributed by atoms with E-state index in [-0.39, 0.29) is 0 Å². The molecule has 5 nitrogen and oxygen atoms in total. The number of aromatic nitrogens is 2. The SMILES string of the molecule is BrC1=NCc2cc(-c3n[nH]c4c3Cc3sc(-c5ccc(CN6CCOCC6)cc5)cc3-4)ccc21. The zero-order valence-corrected chi connectivity index (χ0v) is 21.0. The Labute approximate surface area is 210 Å². The van der Waals surface area contributed by atoms with Gasteiger partial charge in [0.1, 0.15) is 4.62 Å². The second kappa shape index (κ2) is 8.27. The Morgan fingerprint density at radius 1 is 1.00 bits per heavy atom. The Balaban J connectivity index is 1.13. The maximum atomic E-state index is 5.46. The summed E-state index contributed by atoms with van der Waals surface area (Å²) < 4.78 is 6.41. The van der Waals surface area contributed by atoms with E-state index >= 15 is 0 Å². The number of rotatable bonds is 4. The number of benzene rings is 2. The predicted octanol–water partition coefficient (Wildman–Crippen LogP) is 5.86. The van der Waals surface area contributed by atoms with Crippen LogP contribution in [0.2, 0.25) is 0 Å². The van der Waals surface area contributed by atoms with Crippen LogP contribution in [0.3, 0.4) is 0 Å². The number of morpholine rings is 1. The van der Waals surface area contributed by atoms with Gasteiger partial charge < -0.3 is 4.74 Å². The average Bonchev–Trinajstić information content (AvgIpc) is 3.62. The highest BCUT2D eigenvalue weighted by Crippen LogP contribution is 2.46. The minimum absolute atomic E-state index is 0.734. The summed E-state index contributed by atoms with van der Waals surface area (Å²) in [4.78, 5) is 9.70. The van der Waals surface area contributed by atoms with Gasteiger partial charge in [0.2, 0.25) is 0 Å². The molecule has 4 aromatic rings. The van der Waals surface area contributed by atoms with Crippen molar-refractivity contribution >= 4 is 31.9 Å². The van der Waals surface area contributed by atoms with Crippen molar-refractivity contribution in [2.24, 2.45) is 4.99 Å². The van der Waals surface area contributed by atoms with E-state index in [2.05, 4.69) is 79.5 Å². The van der Waals surface area contributed by atoms with Crippen LogP contribution in [0.4, 0.5) is 0 Å². The molecule has 0 bridgehead atoms. The summed E-state index contributed by atoms with van der Waals surface area (Å²) >= 11 is 5.45. The van der Waals surface area contributed by atoms with E-state index in [1.165, 1.54) is 54.4 Å². The molecule has 0 radical (unpaired) electrons. The molecule has 0 unspecified atom stereocenters. The summed E-state index contributed by atoms with van der Waals surface area (Å²) in [7, 11) is 0. The molecule has 170 valence electrons. The molecule has 0 spiro atoms. The van der Waals surface area contributed by atoms with Gasteiger partial charge in [0.05, 0.1) is 31.1 Å². The second-order valence-electron chi connectivity index (χ2n) is 9.11. The lowest BCUT2D eigenvalue weighted by atomic mass is 10.0. The number of fused-ring (bicyclic) bond motifs is 4. The number of H-pyrrole nitrogens is 1. The van der Waals surface area contributed by atoms with Gasteiger partial charge in [0.15, 0.2) is 0 Å². The standard InChI is InChI=1S/C27H23BrN4OS/c28-27-20-6-5-18(11-19(20)14-29-27)25-22-13-24-21(26(22)31-30-25)12-23(34-24)17-3-1-16(2-4-17)15-32-7-9-33-10-8-32/h1-6,11-12H,7-10,13-15H2,(H,30,31). The largest absolute Gasteiger partial charge is 0.379 e. The second-order valence-corrected chi connectivity index (χ2v) is 11.0. The molecule has 2 aliphatic heterocycles. The van der Waals surface area contributed by atoms with E-state index in [1.807, 2.05) is 11.3 Å². The highest BCUT2D eigenvalue weighted by Gasteiger charge is 2.28. The highest BCUT2D eigenvalue weighted by atomic mass is 79.9. The van der Waals surface area contributed by atoms with Crippen molar-refractivity contribution < 1.29 is 4.74 Å². The predicted molar refractivity (Wildman–Crippen MR) is 141 cm³/mol. The van der Waals surface area contributed by atoms with Gasteiger partial charge in [-0.05, 0) is 44.8 Å². The quantitative estimate of drug-likeness (QED) is 0.316. The van der Waals surface area contributed by atoms with Gasteiger partial charge in [0.25, 0.3) is 0 Å². The molecule has 2 aromatic carbocycles. The van der Waals surface area contributed by atoms with Crippen LogP contribution < -0.4 is 0 Å². The van der Waals surface area contributed by atoms with Crippen molar-refractivity contribution in [3.63, 3.8) is 0 Å². The van der Waals surface area contributed by atoms with Crippen molar-refractivity contribution in [1.82, 2.24) is 15.1 Å². The van der Waals surface area contributed by atoms with E-state index in [4.69, 9.17) is 9.84 Å². The van der Waals surface area contributed by atoms with Crippen molar-refractivity contribution in [1.29, 1.82) is 0 Å². The number of ether oxygens (including phenoxy) is 1. The molecule has 4 heterocycles. The molecule has 7 rings (SSSR count). The molecule has 1 aliphatic carbocycles. The number of aromatic amines is 1. The van der Waals surface area contributed by atoms with E-state index in [0.717, 1.165) is 56.1 Å². The number of nitrogens with one attached hydrogen (secondary N) is 1. The van der Waals surface area contributed by atoms with Crippen molar-refractivity contribution in [3.05, 3.63) is 75.7 Å². The molecule has 1 fully saturated rings. The smallest absolute Gasteiger partial charge is 0.108 e. The lowest BCUT2D eigenvalue weighted by Crippen LogP contribution is -2.35. The first-order chi connectivity index (χ1) is 16.7. The Bertz CT molecular complexity index is 1430. The van der Waals surface area contributed by atoms with E-state index in [1.54, 1.807) is 0 Å². The molecule has 0 saturated carbocycles. The molecule has 3 aliphatic rings. The zero-order valence-electron chi connectivity index (χ0n) is 18.6. The minimum atomic E-state index is 0.734. The molecule has 0 atom stereocenters. The fourth-order valence-corrected chi connectivity index (χ4v) is 6.87. The Hall–Kier alpha value is -2.58. The fraction of sp³-hybridized carbons (Fsp3) is 0.259. The first-order valence-corrected chi connectivity index (χ1v) is 13.3. The van der Waals surface area contributed by atoms with Gasteiger partial charge in [-0.1, -0.05) is 36.4 Å². The van der Waals surface area contributed by atoms with Crippen LogP contribution in [-0.2, 0) is 24.2 Å². The summed E-state index contributed by atoms with van der Waals surface area (Å²) in [5.41, 5.74) is 11.1. The number of hydrogen-bond donors (Lipinski definition) is 1. The average molecular weight is 531 g/mol. The molecule has 1 N–H and O–H groups in total. The summed E-state index contributed by atoms with van der Waals surface area (Å²) in [5, 5.41) is 8.06.